The molecule has 2 heterocycles. The highest BCUT2D eigenvalue weighted by molar-refractivity contribution is 5.83. The first-order valence-electron chi connectivity index (χ1n) is 13.5. The second-order valence-electron chi connectivity index (χ2n) is 11.3. The second-order valence-corrected chi connectivity index (χ2v) is 11.3. The lowest BCUT2D eigenvalue weighted by Crippen LogP contribution is -2.33. The van der Waals surface area contributed by atoms with Crippen molar-refractivity contribution < 1.29 is 14.6 Å². The number of aliphatic carboxylic acids is 1. The summed E-state index contributed by atoms with van der Waals surface area (Å²) in [5, 5.41) is 10.3. The molecule has 1 aliphatic heterocycles. The first-order chi connectivity index (χ1) is 18.6. The number of rotatable bonds is 6. The van der Waals surface area contributed by atoms with Gasteiger partial charge >= 0.3 is 5.97 Å². The fraction of sp³-hybridized carbons (Fsp3) is 0.294. The van der Waals surface area contributed by atoms with Gasteiger partial charge in [0.05, 0.1) is 5.60 Å². The van der Waals surface area contributed by atoms with E-state index in [9.17, 15) is 9.90 Å². The molecule has 4 aromatic rings. The number of anilines is 1. The van der Waals surface area contributed by atoms with E-state index in [0.29, 0.717) is 17.8 Å². The van der Waals surface area contributed by atoms with Crippen LogP contribution in [0.15, 0.2) is 78.9 Å². The van der Waals surface area contributed by atoms with Gasteiger partial charge in [0.15, 0.2) is 6.10 Å². The normalized spacial score (nSPS) is 14.1. The standard InChI is InChI=1S/C34H36N2O3/c1-22-11-13-26(14-12-22)31-28-21-36(27-17-15-25(16-18-27)24-9-7-6-8-10-24)20-19-29(28)35-23(2)30(31)32(33(37)38)39-34(3,4)5/h6-18,32H,19-21H2,1-5H3,(H,37,38)/t32-/m0/s1. The van der Waals surface area contributed by atoms with Crippen LogP contribution < -0.4 is 4.90 Å². The zero-order valence-corrected chi connectivity index (χ0v) is 23.4. The third-order valence-electron chi connectivity index (χ3n) is 7.22. The summed E-state index contributed by atoms with van der Waals surface area (Å²) in [4.78, 5) is 19.9. The highest BCUT2D eigenvalue weighted by atomic mass is 16.5. The highest BCUT2D eigenvalue weighted by Gasteiger charge is 2.34. The van der Waals surface area contributed by atoms with Crippen LogP contribution in [-0.2, 0) is 22.5 Å². The van der Waals surface area contributed by atoms with E-state index in [0.717, 1.165) is 46.6 Å². The Morgan fingerprint density at radius 2 is 1.51 bits per heavy atom. The van der Waals surface area contributed by atoms with Crippen molar-refractivity contribution in [3.05, 3.63) is 107 Å². The summed E-state index contributed by atoms with van der Waals surface area (Å²) in [7, 11) is 0. The van der Waals surface area contributed by atoms with Gasteiger partial charge in [-0.2, -0.15) is 0 Å². The van der Waals surface area contributed by atoms with Gasteiger partial charge in [-0.05, 0) is 69.0 Å². The molecule has 0 saturated carbocycles. The Hall–Kier alpha value is -3.96. The molecule has 0 radical (unpaired) electrons. The number of benzene rings is 3. The number of carboxylic acid groups (broad SMARTS) is 1. The van der Waals surface area contributed by atoms with Crippen LogP contribution in [0, 0.1) is 13.8 Å². The number of aromatic nitrogens is 1. The molecule has 200 valence electrons. The average Bonchev–Trinajstić information content (AvgIpc) is 2.91. The van der Waals surface area contributed by atoms with Crippen molar-refractivity contribution in [3.63, 3.8) is 0 Å². The minimum Gasteiger partial charge on any atom is -0.479 e. The maximum atomic E-state index is 12.6. The number of hydrogen-bond acceptors (Lipinski definition) is 4. The van der Waals surface area contributed by atoms with E-state index in [2.05, 4.69) is 84.6 Å². The fourth-order valence-corrected chi connectivity index (χ4v) is 5.38. The summed E-state index contributed by atoms with van der Waals surface area (Å²) in [5.41, 5.74) is 9.40. The molecule has 39 heavy (non-hydrogen) atoms. The molecule has 0 unspecified atom stereocenters. The second kappa shape index (κ2) is 10.7. The maximum absolute atomic E-state index is 12.6. The molecule has 0 bridgehead atoms. The van der Waals surface area contributed by atoms with Crippen LogP contribution in [0.1, 0.15) is 55.0 Å². The van der Waals surface area contributed by atoms with Crippen molar-refractivity contribution in [2.45, 2.75) is 59.3 Å². The number of carbonyl (C=O) groups is 1. The van der Waals surface area contributed by atoms with Crippen LogP contribution in [0.2, 0.25) is 0 Å². The SMILES string of the molecule is Cc1ccc(-c2c3c(nc(C)c2[C@H](OC(C)(C)C)C(=O)O)CCN(c2ccc(-c4ccccc4)cc2)C3)cc1. The van der Waals surface area contributed by atoms with E-state index < -0.39 is 17.7 Å². The third kappa shape index (κ3) is 5.74. The van der Waals surface area contributed by atoms with Gasteiger partial charge in [0.2, 0.25) is 0 Å². The smallest absolute Gasteiger partial charge is 0.337 e. The maximum Gasteiger partial charge on any atom is 0.337 e. The van der Waals surface area contributed by atoms with E-state index in [1.54, 1.807) is 0 Å². The topological polar surface area (TPSA) is 62.7 Å². The van der Waals surface area contributed by atoms with E-state index in [1.807, 2.05) is 33.8 Å². The van der Waals surface area contributed by atoms with Gasteiger partial charge in [0.1, 0.15) is 0 Å². The lowest BCUT2D eigenvalue weighted by Gasteiger charge is -2.34. The highest BCUT2D eigenvalue weighted by Crippen LogP contribution is 2.41. The average molecular weight is 521 g/mol. The van der Waals surface area contributed by atoms with Gasteiger partial charge in [0, 0.05) is 47.7 Å². The van der Waals surface area contributed by atoms with E-state index in [-0.39, 0.29) is 0 Å². The molecule has 5 rings (SSSR count). The van der Waals surface area contributed by atoms with Gasteiger partial charge in [-0.1, -0.05) is 72.3 Å². The summed E-state index contributed by atoms with van der Waals surface area (Å²) in [6, 6.07) is 27.4. The summed E-state index contributed by atoms with van der Waals surface area (Å²) in [6.07, 6.45) is -0.340. The fourth-order valence-electron chi connectivity index (χ4n) is 5.38. The zero-order chi connectivity index (χ0) is 27.7. The largest absolute Gasteiger partial charge is 0.479 e. The van der Waals surface area contributed by atoms with Crippen LogP contribution >= 0.6 is 0 Å². The molecule has 5 nitrogen and oxygen atoms in total. The summed E-state index contributed by atoms with van der Waals surface area (Å²) < 4.78 is 6.16. The third-order valence-corrected chi connectivity index (χ3v) is 7.22. The molecule has 3 aromatic carbocycles. The number of ether oxygens (including phenoxy) is 1. The minimum atomic E-state index is -1.13. The van der Waals surface area contributed by atoms with Crippen LogP contribution in [-0.4, -0.2) is 28.2 Å². The number of pyridine rings is 1. The van der Waals surface area contributed by atoms with Crippen LogP contribution in [0.3, 0.4) is 0 Å². The van der Waals surface area contributed by atoms with Crippen molar-refractivity contribution in [3.8, 4) is 22.3 Å². The Kier molecular flexibility index (Phi) is 7.28. The quantitative estimate of drug-likeness (QED) is 0.285. The Morgan fingerprint density at radius 1 is 0.897 bits per heavy atom. The molecule has 1 aromatic heterocycles. The van der Waals surface area contributed by atoms with Crippen molar-refractivity contribution in [2.24, 2.45) is 0 Å². The lowest BCUT2D eigenvalue weighted by atomic mass is 9.87. The molecular formula is C34H36N2O3. The van der Waals surface area contributed by atoms with E-state index in [4.69, 9.17) is 9.72 Å². The predicted octanol–water partition coefficient (Wildman–Crippen LogP) is 7.54. The number of hydrogen-bond donors (Lipinski definition) is 1. The predicted molar refractivity (Wildman–Crippen MR) is 157 cm³/mol. The molecule has 0 fully saturated rings. The first kappa shape index (κ1) is 26.6. The molecule has 1 aliphatic rings. The van der Waals surface area contributed by atoms with Crippen LogP contribution in [0.5, 0.6) is 0 Å². The Morgan fingerprint density at radius 3 is 2.13 bits per heavy atom. The Bertz CT molecular complexity index is 1470. The van der Waals surface area contributed by atoms with Crippen molar-refractivity contribution >= 4 is 11.7 Å². The molecular weight excluding hydrogens is 484 g/mol. The number of fused-ring (bicyclic) bond motifs is 1. The zero-order valence-electron chi connectivity index (χ0n) is 23.4. The van der Waals surface area contributed by atoms with Gasteiger partial charge in [0.25, 0.3) is 0 Å². The molecule has 1 atom stereocenters. The van der Waals surface area contributed by atoms with Gasteiger partial charge in [-0.3, -0.25) is 4.98 Å². The molecule has 0 saturated heterocycles. The van der Waals surface area contributed by atoms with E-state index >= 15 is 0 Å². The van der Waals surface area contributed by atoms with Gasteiger partial charge < -0.3 is 14.7 Å². The number of aryl methyl sites for hydroxylation is 2. The molecule has 1 N–H and O–H groups in total. The van der Waals surface area contributed by atoms with Crippen LogP contribution in [0.4, 0.5) is 5.69 Å². The molecule has 0 amide bonds. The minimum absolute atomic E-state index is 0.636. The number of nitrogens with zero attached hydrogens (tertiary/aromatic N) is 2. The lowest BCUT2D eigenvalue weighted by molar-refractivity contribution is -0.160. The summed E-state index contributed by atoms with van der Waals surface area (Å²) >= 11 is 0. The van der Waals surface area contributed by atoms with Crippen LogP contribution in [0.25, 0.3) is 22.3 Å². The van der Waals surface area contributed by atoms with E-state index in [1.165, 1.54) is 11.1 Å². The monoisotopic (exact) mass is 520 g/mol. The first-order valence-corrected chi connectivity index (χ1v) is 13.5. The summed E-state index contributed by atoms with van der Waals surface area (Å²) in [6.45, 7) is 11.1. The van der Waals surface area contributed by atoms with Crippen molar-refractivity contribution in [1.82, 2.24) is 4.98 Å². The van der Waals surface area contributed by atoms with Crippen molar-refractivity contribution in [1.29, 1.82) is 0 Å². The number of carboxylic acids is 1. The molecule has 0 aliphatic carbocycles. The molecule has 5 heteroatoms. The Balaban J connectivity index is 1.60. The van der Waals surface area contributed by atoms with Crippen molar-refractivity contribution in [2.75, 3.05) is 11.4 Å². The summed E-state index contributed by atoms with van der Waals surface area (Å²) in [5.74, 6) is -1.01. The Labute approximate surface area is 231 Å². The van der Waals surface area contributed by atoms with Gasteiger partial charge in [-0.15, -0.1) is 0 Å². The van der Waals surface area contributed by atoms with Gasteiger partial charge in [-0.25, -0.2) is 4.79 Å². The molecule has 0 spiro atoms.